The normalized spacial score (nSPS) is 9.22. The minimum atomic E-state index is -0.670. The zero-order chi connectivity index (χ0) is 18.3. The molecule has 0 aromatic rings. The third-order valence-corrected chi connectivity index (χ3v) is 2.99. The van der Waals surface area contributed by atoms with Gasteiger partial charge < -0.3 is 10.2 Å². The van der Waals surface area contributed by atoms with Crippen LogP contribution in [0.5, 0.6) is 0 Å². The first-order valence-electron chi connectivity index (χ1n) is 8.29. The van der Waals surface area contributed by atoms with Crippen molar-refractivity contribution in [1.29, 1.82) is 0 Å². The van der Waals surface area contributed by atoms with Crippen LogP contribution in [-0.2, 0) is 9.59 Å². The number of carboxylic acid groups (broad SMARTS) is 2. The van der Waals surface area contributed by atoms with Crippen LogP contribution in [-0.4, -0.2) is 40.8 Å². The van der Waals surface area contributed by atoms with Gasteiger partial charge in [-0.3, -0.25) is 9.59 Å². The molecule has 140 valence electrons. The van der Waals surface area contributed by atoms with Crippen molar-refractivity contribution in [1.82, 2.24) is 0 Å². The van der Waals surface area contributed by atoms with Crippen LogP contribution in [0.25, 0.3) is 0 Å². The Kier molecular flexibility index (Phi) is 33.2. The fourth-order valence-electron chi connectivity index (χ4n) is 1.76. The molecule has 0 atom stereocenters. The summed E-state index contributed by atoms with van der Waals surface area (Å²) < 4.78 is 0. The zero-order valence-corrected chi connectivity index (χ0v) is 18.2. The molecule has 2 N–H and O–H groups in total. The third-order valence-electron chi connectivity index (χ3n) is 2.99. The van der Waals surface area contributed by atoms with Crippen LogP contribution >= 0.6 is 17.9 Å². The molecule has 23 heavy (non-hydrogen) atoms. The summed E-state index contributed by atoms with van der Waals surface area (Å²) in [5, 5.41) is 16.5. The summed E-state index contributed by atoms with van der Waals surface area (Å²) in [5.74, 6) is -1.34. The second-order valence-electron chi connectivity index (χ2n) is 5.17. The van der Waals surface area contributed by atoms with Gasteiger partial charge >= 0.3 is 48.5 Å². The molecule has 4 nitrogen and oxygen atoms in total. The molecule has 0 bridgehead atoms. The van der Waals surface area contributed by atoms with Crippen molar-refractivity contribution in [2.75, 3.05) is 0 Å². The molecule has 0 unspecified atom stereocenters. The van der Waals surface area contributed by atoms with Crippen molar-refractivity contribution in [3.63, 3.8) is 0 Å². The maximum absolute atomic E-state index is 10.0. The number of aliphatic carboxylic acids is 2. The van der Waals surface area contributed by atoms with E-state index in [1.807, 2.05) is 0 Å². The minimum absolute atomic E-state index is 0.337. The van der Waals surface area contributed by atoms with Crippen LogP contribution in [0.3, 0.4) is 0 Å². The Morgan fingerprint density at radius 1 is 0.696 bits per heavy atom. The van der Waals surface area contributed by atoms with E-state index >= 15 is 0 Å². The van der Waals surface area contributed by atoms with Gasteiger partial charge in [-0.25, -0.2) is 0 Å². The molecule has 0 saturated heterocycles. The van der Waals surface area contributed by atoms with E-state index in [0.717, 1.165) is 25.7 Å². The quantitative estimate of drug-likeness (QED) is 0.267. The van der Waals surface area contributed by atoms with Gasteiger partial charge in [0.2, 0.25) is 0 Å². The Labute approximate surface area is 158 Å². The summed E-state index contributed by atoms with van der Waals surface area (Å²) >= 11 is -0.586. The summed E-state index contributed by atoms with van der Waals surface area (Å²) in [7, 11) is 9.79. The number of hydrogen-bond acceptors (Lipinski definition) is 2. The van der Waals surface area contributed by atoms with Gasteiger partial charge in [0.15, 0.2) is 0 Å². The molecule has 0 aliphatic carbocycles. The van der Waals surface area contributed by atoms with Crippen molar-refractivity contribution >= 4 is 48.5 Å². The van der Waals surface area contributed by atoms with E-state index in [4.69, 9.17) is 28.1 Å². The molecule has 0 saturated carbocycles. The molecule has 0 rings (SSSR count). The molecule has 7 heteroatoms. The number of carbonyl (C=O) groups is 2. The van der Waals surface area contributed by atoms with E-state index in [-0.39, 0.29) is 0 Å². The van der Waals surface area contributed by atoms with Crippen LogP contribution < -0.4 is 0 Å². The molecular weight excluding hydrogens is 455 g/mol. The molecule has 0 aromatic carbocycles. The molecule has 0 aliphatic heterocycles. The summed E-state index contributed by atoms with van der Waals surface area (Å²) in [6.45, 7) is 4.30. The second-order valence-corrected chi connectivity index (χ2v) is 8.64. The number of unbranched alkanes of at least 4 members (excludes halogenated alkanes) is 8. The second kappa shape index (κ2) is 27.2. The van der Waals surface area contributed by atoms with Gasteiger partial charge in [-0.1, -0.05) is 65.2 Å². The Bertz CT molecular complexity index is 230. The topological polar surface area (TPSA) is 74.6 Å². The summed E-state index contributed by atoms with van der Waals surface area (Å²) in [6, 6.07) is 0. The van der Waals surface area contributed by atoms with Crippen LogP contribution in [0.2, 0.25) is 0 Å². The number of halogens is 2. The van der Waals surface area contributed by atoms with E-state index in [1.165, 1.54) is 38.5 Å². The van der Waals surface area contributed by atoms with Crippen LogP contribution in [0.1, 0.15) is 90.9 Å². The first kappa shape index (κ1) is 28.1. The molecular formula is C16H32Cl2O4Te. The first-order valence-corrected chi connectivity index (χ1v) is 14.2. The van der Waals surface area contributed by atoms with Crippen molar-refractivity contribution in [3.8, 4) is 0 Å². The fraction of sp³-hybridized carbons (Fsp3) is 0.875. The first-order chi connectivity index (χ1) is 11.0. The predicted octanol–water partition coefficient (Wildman–Crippen LogP) is 5.86. The SMILES string of the molecule is CCCCCCCC(=O)O.CCCCCCCC(=O)O.Cl[Te]Cl. The Balaban J connectivity index is -0.000000297. The average molecular weight is 487 g/mol. The Hall–Kier alpha value is 0.310. The average Bonchev–Trinajstić information content (AvgIpc) is 2.48. The number of carboxylic acids is 2. The number of hydrogen-bond donors (Lipinski definition) is 2. The van der Waals surface area contributed by atoms with Crippen LogP contribution in [0.4, 0.5) is 0 Å². The standard InChI is InChI=1S/2C8H16O2.Cl2Te/c2*1-2-3-4-5-6-7-8(9)10;1-3-2/h2*2-7H2,1H3,(H,9,10);. The van der Waals surface area contributed by atoms with Crippen LogP contribution in [0, 0.1) is 0 Å². The summed E-state index contributed by atoms with van der Waals surface area (Å²) in [6.07, 6.45) is 11.8. The Morgan fingerprint density at radius 2 is 0.957 bits per heavy atom. The summed E-state index contributed by atoms with van der Waals surface area (Å²) in [4.78, 5) is 20.1. The number of rotatable bonds is 12. The van der Waals surface area contributed by atoms with Gasteiger partial charge in [-0.05, 0) is 12.8 Å². The van der Waals surface area contributed by atoms with Gasteiger partial charge in [-0.2, -0.15) is 0 Å². The molecule has 0 aromatic heterocycles. The molecule has 0 radical (unpaired) electrons. The van der Waals surface area contributed by atoms with Gasteiger partial charge in [-0.15, -0.1) is 0 Å². The van der Waals surface area contributed by atoms with Gasteiger partial charge in [0.05, 0.1) is 0 Å². The molecule has 0 amide bonds. The van der Waals surface area contributed by atoms with Gasteiger partial charge in [0.1, 0.15) is 0 Å². The van der Waals surface area contributed by atoms with Crippen molar-refractivity contribution in [2.24, 2.45) is 0 Å². The summed E-state index contributed by atoms with van der Waals surface area (Å²) in [5.41, 5.74) is 0. The third kappa shape index (κ3) is 44.9. The van der Waals surface area contributed by atoms with E-state index < -0.39 is 30.6 Å². The maximum atomic E-state index is 10.0. The molecule has 0 heterocycles. The predicted molar refractivity (Wildman–Crippen MR) is 99.5 cm³/mol. The Morgan fingerprint density at radius 3 is 1.17 bits per heavy atom. The van der Waals surface area contributed by atoms with Crippen molar-refractivity contribution < 1.29 is 19.8 Å². The molecule has 0 aliphatic rings. The van der Waals surface area contributed by atoms with E-state index in [0.29, 0.717) is 12.8 Å². The van der Waals surface area contributed by atoms with Crippen molar-refractivity contribution in [2.45, 2.75) is 90.9 Å². The monoisotopic (exact) mass is 488 g/mol. The van der Waals surface area contributed by atoms with E-state index in [1.54, 1.807) is 0 Å². The fourth-order valence-corrected chi connectivity index (χ4v) is 1.76. The van der Waals surface area contributed by atoms with E-state index in [2.05, 4.69) is 13.8 Å². The van der Waals surface area contributed by atoms with Gasteiger partial charge in [0.25, 0.3) is 0 Å². The molecule has 0 spiro atoms. The molecule has 0 fully saturated rings. The van der Waals surface area contributed by atoms with Gasteiger partial charge in [0, 0.05) is 12.8 Å². The van der Waals surface area contributed by atoms with E-state index in [9.17, 15) is 9.59 Å². The zero-order valence-electron chi connectivity index (χ0n) is 14.4. The van der Waals surface area contributed by atoms with Crippen LogP contribution in [0.15, 0.2) is 0 Å². The van der Waals surface area contributed by atoms with Crippen molar-refractivity contribution in [3.05, 3.63) is 0 Å².